The number of hydrogen-bond donors (Lipinski definition) is 2. The Kier molecular flexibility index (Phi) is 7.64. The van der Waals surface area contributed by atoms with Gasteiger partial charge in [0.25, 0.3) is 5.56 Å². The molecule has 1 amide bonds. The van der Waals surface area contributed by atoms with Crippen molar-refractivity contribution in [1.29, 1.82) is 0 Å². The van der Waals surface area contributed by atoms with Crippen molar-refractivity contribution in [3.05, 3.63) is 64.3 Å². The van der Waals surface area contributed by atoms with Crippen LogP contribution in [0, 0.1) is 12.8 Å². The molecule has 1 saturated heterocycles. The SMILES string of the molecule is Cc1nc2ccccc2n1CCC(=O)NC[C@H]1[C@@H]2CNC[C@@H](C2)c2cccc(=O)n21.Cl.Cl. The molecular weight excluding hydrogens is 449 g/mol. The van der Waals surface area contributed by atoms with Gasteiger partial charge in [-0.2, -0.15) is 0 Å². The van der Waals surface area contributed by atoms with Gasteiger partial charge in [0.05, 0.1) is 17.1 Å². The van der Waals surface area contributed by atoms with Gasteiger partial charge >= 0.3 is 0 Å². The number of piperidine rings is 1. The van der Waals surface area contributed by atoms with Gasteiger partial charge in [-0.05, 0) is 37.5 Å². The van der Waals surface area contributed by atoms with Gasteiger partial charge in [-0.3, -0.25) is 9.59 Å². The van der Waals surface area contributed by atoms with Crippen LogP contribution < -0.4 is 16.2 Å². The molecule has 4 heterocycles. The van der Waals surface area contributed by atoms with Gasteiger partial charge in [-0.1, -0.05) is 18.2 Å². The molecule has 0 unspecified atom stereocenters. The van der Waals surface area contributed by atoms with Crippen molar-refractivity contribution in [3.8, 4) is 0 Å². The number of benzene rings is 1. The van der Waals surface area contributed by atoms with Crippen molar-refractivity contribution in [3.63, 3.8) is 0 Å². The number of nitrogens with zero attached hydrogens (tertiary/aromatic N) is 3. The second-order valence-electron chi connectivity index (χ2n) is 8.43. The van der Waals surface area contributed by atoms with Crippen molar-refractivity contribution in [1.82, 2.24) is 24.8 Å². The zero-order valence-electron chi connectivity index (χ0n) is 18.0. The van der Waals surface area contributed by atoms with E-state index < -0.39 is 0 Å². The molecule has 3 atom stereocenters. The minimum Gasteiger partial charge on any atom is -0.354 e. The van der Waals surface area contributed by atoms with E-state index in [-0.39, 0.29) is 42.3 Å². The number of carbonyl (C=O) groups is 1. The van der Waals surface area contributed by atoms with Crippen LogP contribution in [0.1, 0.15) is 36.3 Å². The lowest BCUT2D eigenvalue weighted by molar-refractivity contribution is -0.121. The number of pyridine rings is 1. The fourth-order valence-corrected chi connectivity index (χ4v) is 5.17. The minimum absolute atomic E-state index is 0. The van der Waals surface area contributed by atoms with E-state index in [0.717, 1.165) is 42.1 Å². The lowest BCUT2D eigenvalue weighted by Gasteiger charge is -2.43. The average Bonchev–Trinajstić information content (AvgIpc) is 3.08. The summed E-state index contributed by atoms with van der Waals surface area (Å²) in [6.07, 6.45) is 1.45. The number of rotatable bonds is 5. The van der Waals surface area contributed by atoms with E-state index in [4.69, 9.17) is 0 Å². The Morgan fingerprint density at radius 2 is 1.97 bits per heavy atom. The molecule has 2 aliphatic heterocycles. The Bertz CT molecular complexity index is 1160. The summed E-state index contributed by atoms with van der Waals surface area (Å²) >= 11 is 0. The molecule has 2 aromatic heterocycles. The summed E-state index contributed by atoms with van der Waals surface area (Å²) in [7, 11) is 0. The molecule has 0 spiro atoms. The fraction of sp³-hybridized carbons (Fsp3) is 0.435. The number of amides is 1. The molecule has 3 aromatic rings. The van der Waals surface area contributed by atoms with Gasteiger partial charge in [0, 0.05) is 50.3 Å². The maximum Gasteiger partial charge on any atom is 0.251 e. The summed E-state index contributed by atoms with van der Waals surface area (Å²) in [6.45, 7) is 4.84. The van der Waals surface area contributed by atoms with Crippen LogP contribution >= 0.6 is 24.8 Å². The summed E-state index contributed by atoms with van der Waals surface area (Å²) in [5.41, 5.74) is 3.12. The highest BCUT2D eigenvalue weighted by Gasteiger charge is 2.37. The third kappa shape index (κ3) is 4.42. The van der Waals surface area contributed by atoms with Crippen molar-refractivity contribution >= 4 is 41.8 Å². The monoisotopic (exact) mass is 477 g/mol. The summed E-state index contributed by atoms with van der Waals surface area (Å²) < 4.78 is 4.01. The number of fused-ring (bicyclic) bond motifs is 5. The Labute approximate surface area is 199 Å². The third-order valence-electron chi connectivity index (χ3n) is 6.62. The Hall–Kier alpha value is -2.35. The number of halogens is 2. The van der Waals surface area contributed by atoms with Gasteiger partial charge in [0.15, 0.2) is 0 Å². The lowest BCUT2D eigenvalue weighted by Crippen LogP contribution is -2.50. The van der Waals surface area contributed by atoms with Gasteiger partial charge in [-0.25, -0.2) is 4.98 Å². The molecule has 5 rings (SSSR count). The minimum atomic E-state index is -0.00230. The van der Waals surface area contributed by atoms with Crippen LogP contribution in [0.2, 0.25) is 0 Å². The molecule has 2 bridgehead atoms. The summed E-state index contributed by atoms with van der Waals surface area (Å²) in [5.74, 6) is 1.65. The van der Waals surface area contributed by atoms with Crippen molar-refractivity contribution in [2.75, 3.05) is 19.6 Å². The van der Waals surface area contributed by atoms with Crippen LogP contribution in [0.5, 0.6) is 0 Å². The quantitative estimate of drug-likeness (QED) is 0.591. The number of nitrogens with one attached hydrogen (secondary N) is 2. The van der Waals surface area contributed by atoms with Crippen molar-refractivity contribution in [2.24, 2.45) is 5.92 Å². The Morgan fingerprint density at radius 1 is 1.16 bits per heavy atom. The molecule has 2 aliphatic rings. The number of hydrogen-bond acceptors (Lipinski definition) is 4. The van der Waals surface area contributed by atoms with Crippen LogP contribution in [0.3, 0.4) is 0 Å². The first-order valence-electron chi connectivity index (χ1n) is 10.7. The van der Waals surface area contributed by atoms with Gasteiger partial charge < -0.3 is 19.8 Å². The fourth-order valence-electron chi connectivity index (χ4n) is 5.17. The zero-order chi connectivity index (χ0) is 20.7. The normalized spacial score (nSPS) is 21.2. The number of aromatic nitrogens is 3. The van der Waals surface area contributed by atoms with E-state index in [1.807, 2.05) is 41.8 Å². The molecule has 0 aliphatic carbocycles. The first-order chi connectivity index (χ1) is 14.6. The molecule has 0 saturated carbocycles. The van der Waals surface area contributed by atoms with Crippen LogP contribution in [0.4, 0.5) is 0 Å². The number of carbonyl (C=O) groups excluding carboxylic acids is 1. The van der Waals surface area contributed by atoms with Gasteiger partial charge in [0.2, 0.25) is 5.91 Å². The highest BCUT2D eigenvalue weighted by atomic mass is 35.5. The third-order valence-corrected chi connectivity index (χ3v) is 6.62. The van der Waals surface area contributed by atoms with Crippen molar-refractivity contribution < 1.29 is 4.79 Å². The van der Waals surface area contributed by atoms with Crippen LogP contribution in [0.25, 0.3) is 11.0 Å². The molecule has 0 radical (unpaired) electrons. The largest absolute Gasteiger partial charge is 0.354 e. The maximum absolute atomic E-state index is 12.7. The predicted octanol–water partition coefficient (Wildman–Crippen LogP) is 2.80. The molecule has 7 nitrogen and oxygen atoms in total. The number of imidazole rings is 1. The van der Waals surface area contributed by atoms with E-state index in [0.29, 0.717) is 31.3 Å². The number of aryl methyl sites for hydroxylation is 2. The molecule has 172 valence electrons. The van der Waals surface area contributed by atoms with E-state index in [2.05, 4.69) is 26.3 Å². The molecular formula is C23H29Cl2N5O2. The van der Waals surface area contributed by atoms with E-state index in [1.165, 1.54) is 0 Å². The van der Waals surface area contributed by atoms with E-state index in [9.17, 15) is 9.59 Å². The number of para-hydroxylation sites is 2. The van der Waals surface area contributed by atoms with Crippen molar-refractivity contribution in [2.45, 2.75) is 38.3 Å². The highest BCUT2D eigenvalue weighted by molar-refractivity contribution is 5.85. The molecule has 1 fully saturated rings. The summed E-state index contributed by atoms with van der Waals surface area (Å²) in [5, 5.41) is 6.59. The van der Waals surface area contributed by atoms with Crippen LogP contribution in [0.15, 0.2) is 47.3 Å². The lowest BCUT2D eigenvalue weighted by atomic mass is 9.79. The van der Waals surface area contributed by atoms with E-state index in [1.54, 1.807) is 6.07 Å². The Balaban J connectivity index is 0.00000144. The second-order valence-corrected chi connectivity index (χ2v) is 8.43. The second kappa shape index (κ2) is 10.1. The molecule has 2 N–H and O–H groups in total. The molecule has 32 heavy (non-hydrogen) atoms. The topological polar surface area (TPSA) is 81.0 Å². The molecule has 1 aromatic carbocycles. The highest BCUT2D eigenvalue weighted by Crippen LogP contribution is 2.38. The van der Waals surface area contributed by atoms with Gasteiger partial charge in [-0.15, -0.1) is 24.8 Å². The molecule has 9 heteroatoms. The average molecular weight is 478 g/mol. The predicted molar refractivity (Wildman–Crippen MR) is 130 cm³/mol. The van der Waals surface area contributed by atoms with E-state index >= 15 is 0 Å². The first kappa shape index (κ1) is 24.3. The smallest absolute Gasteiger partial charge is 0.251 e. The zero-order valence-corrected chi connectivity index (χ0v) is 19.6. The summed E-state index contributed by atoms with van der Waals surface area (Å²) in [6, 6.07) is 13.5. The summed E-state index contributed by atoms with van der Waals surface area (Å²) in [4.78, 5) is 29.8. The standard InChI is InChI=1S/C23H27N5O2.2ClH/c1-15-26-18-5-2-3-6-20(18)27(15)10-9-22(29)25-14-21-17-11-16(12-24-13-17)19-7-4-8-23(30)28(19)21;;/h2-8,16-17,21,24H,9-14H2,1H3,(H,25,29);2*1H/t16-,17+,21+;;/m1../s1. The maximum atomic E-state index is 12.7. The Morgan fingerprint density at radius 3 is 2.81 bits per heavy atom. The first-order valence-corrected chi connectivity index (χ1v) is 10.7. The van der Waals surface area contributed by atoms with Gasteiger partial charge in [0.1, 0.15) is 5.82 Å². The van der Waals surface area contributed by atoms with Crippen LogP contribution in [-0.2, 0) is 11.3 Å². The van der Waals surface area contributed by atoms with Crippen LogP contribution in [-0.4, -0.2) is 39.7 Å².